The van der Waals surface area contributed by atoms with Crippen LogP contribution in [0, 0.1) is 0 Å². The Hall–Kier alpha value is -0.420. The minimum atomic E-state index is 0.119. The Morgan fingerprint density at radius 2 is 2.21 bits per heavy atom. The quantitative estimate of drug-likeness (QED) is 0.509. The van der Waals surface area contributed by atoms with Crippen molar-refractivity contribution in [2.45, 2.75) is 17.8 Å². The number of nitrogen functional groups attached to an aromatic ring is 1. The lowest BCUT2D eigenvalue weighted by Crippen LogP contribution is -1.98. The molecule has 3 heteroatoms. The average Bonchev–Trinajstić information content (AvgIpc) is 2.19. The minimum Gasteiger partial charge on any atom is -0.399 e. The van der Waals surface area contributed by atoms with E-state index in [1.54, 1.807) is 0 Å². The Labute approximate surface area is 95.6 Å². The lowest BCUT2D eigenvalue weighted by atomic mass is 10.1. The van der Waals surface area contributed by atoms with Gasteiger partial charge in [-0.3, -0.25) is 5.32 Å². The molecule has 0 fully saturated rings. The lowest BCUT2D eigenvalue weighted by molar-refractivity contribution is 1.11. The maximum atomic E-state index is 5.77. The molecule has 0 aromatic heterocycles. The van der Waals surface area contributed by atoms with Gasteiger partial charge in [-0.05, 0) is 36.7 Å². The molecule has 78 valence electrons. The number of benzene rings is 1. The zero-order chi connectivity index (χ0) is 10.4. The van der Waals surface area contributed by atoms with E-state index in [4.69, 9.17) is 5.73 Å². The Morgan fingerprint density at radius 1 is 1.43 bits per heavy atom. The van der Waals surface area contributed by atoms with E-state index < -0.39 is 0 Å². The molecule has 2 nitrogen and oxygen atoms in total. The second-order valence-electron chi connectivity index (χ2n) is 3.07. The molecule has 1 aromatic carbocycles. The number of hydrogen-bond donors (Lipinski definition) is 2. The fourth-order valence-electron chi connectivity index (χ4n) is 1.31. The smallest absolute Gasteiger partial charge is 0.0317 e. The first-order chi connectivity index (χ1) is 6.77. The highest BCUT2D eigenvalue weighted by molar-refractivity contribution is 14.2. The van der Waals surface area contributed by atoms with Gasteiger partial charge in [-0.15, -0.1) is 20.7 Å². The molecule has 0 bridgehead atoms. The summed E-state index contributed by atoms with van der Waals surface area (Å²) in [6.07, 6.45) is 1.10. The molecule has 3 N–H and O–H groups in total. The highest BCUT2D eigenvalue weighted by Crippen LogP contribution is 2.19. The SMILES string of the molecule is CCc1ccc(N)cc1CI=CNC. The van der Waals surface area contributed by atoms with Crippen LogP contribution in [-0.2, 0) is 10.8 Å². The van der Waals surface area contributed by atoms with Crippen LogP contribution in [0.15, 0.2) is 18.2 Å². The van der Waals surface area contributed by atoms with Gasteiger partial charge in [0.25, 0.3) is 0 Å². The summed E-state index contributed by atoms with van der Waals surface area (Å²) >= 11 is 0.119. The molecule has 0 aliphatic carbocycles. The van der Waals surface area contributed by atoms with E-state index in [0.29, 0.717) is 0 Å². The van der Waals surface area contributed by atoms with Gasteiger partial charge in [0.2, 0.25) is 0 Å². The summed E-state index contributed by atoms with van der Waals surface area (Å²) in [4.78, 5) is 0. The average molecular weight is 304 g/mol. The van der Waals surface area contributed by atoms with Gasteiger partial charge in [0.15, 0.2) is 0 Å². The van der Waals surface area contributed by atoms with Crippen LogP contribution in [0.25, 0.3) is 0 Å². The molecule has 14 heavy (non-hydrogen) atoms. The van der Waals surface area contributed by atoms with E-state index in [1.165, 1.54) is 15.6 Å². The van der Waals surface area contributed by atoms with E-state index in [2.05, 4.69) is 28.5 Å². The summed E-state index contributed by atoms with van der Waals surface area (Å²) in [7, 11) is 1.96. The maximum absolute atomic E-state index is 5.77. The van der Waals surface area contributed by atoms with E-state index in [-0.39, 0.29) is 20.7 Å². The van der Waals surface area contributed by atoms with Gasteiger partial charge >= 0.3 is 0 Å². The van der Waals surface area contributed by atoms with Gasteiger partial charge in [0.05, 0.1) is 0 Å². The van der Waals surface area contributed by atoms with Crippen molar-refractivity contribution in [3.05, 3.63) is 29.3 Å². The van der Waals surface area contributed by atoms with Crippen LogP contribution in [0.1, 0.15) is 18.1 Å². The molecule has 0 radical (unpaired) electrons. The number of hydrogen-bond acceptors (Lipinski definition) is 2. The van der Waals surface area contributed by atoms with Crippen molar-refractivity contribution < 1.29 is 0 Å². The third-order valence-corrected chi connectivity index (χ3v) is 4.34. The fraction of sp³-hybridized carbons (Fsp3) is 0.364. The van der Waals surface area contributed by atoms with Crippen LogP contribution < -0.4 is 11.1 Å². The molecule has 1 rings (SSSR count). The summed E-state index contributed by atoms with van der Waals surface area (Å²) < 4.78 is 3.36. The third-order valence-electron chi connectivity index (χ3n) is 2.02. The number of halogens is 1. The maximum Gasteiger partial charge on any atom is 0.0317 e. The Balaban J connectivity index is 2.82. The Bertz CT molecular complexity index is 321. The van der Waals surface area contributed by atoms with Crippen LogP contribution in [0.3, 0.4) is 0 Å². The predicted molar refractivity (Wildman–Crippen MR) is 73.1 cm³/mol. The molecule has 0 saturated heterocycles. The number of anilines is 1. The lowest BCUT2D eigenvalue weighted by Gasteiger charge is -2.05. The van der Waals surface area contributed by atoms with E-state index in [1.807, 2.05) is 13.1 Å². The number of aryl methyl sites for hydroxylation is 1. The van der Waals surface area contributed by atoms with Crippen molar-refractivity contribution in [3.63, 3.8) is 0 Å². The zero-order valence-corrected chi connectivity index (χ0v) is 10.8. The van der Waals surface area contributed by atoms with Gasteiger partial charge < -0.3 is 5.73 Å². The monoisotopic (exact) mass is 304 g/mol. The number of alkyl halides is 1. The van der Waals surface area contributed by atoms with Crippen molar-refractivity contribution in [2.75, 3.05) is 12.8 Å². The van der Waals surface area contributed by atoms with Crippen molar-refractivity contribution >= 4 is 30.6 Å². The highest BCUT2D eigenvalue weighted by Gasteiger charge is 1.99. The first-order valence-electron chi connectivity index (χ1n) is 4.72. The second-order valence-corrected chi connectivity index (χ2v) is 5.33. The molecule has 1 aromatic rings. The topological polar surface area (TPSA) is 38.0 Å². The van der Waals surface area contributed by atoms with Crippen molar-refractivity contribution in [3.8, 4) is 0 Å². The Morgan fingerprint density at radius 3 is 2.86 bits per heavy atom. The van der Waals surface area contributed by atoms with Crippen molar-refractivity contribution in [1.29, 1.82) is 0 Å². The van der Waals surface area contributed by atoms with E-state index >= 15 is 0 Å². The summed E-state index contributed by atoms with van der Waals surface area (Å²) in [5.74, 6) is 0. The molecular weight excluding hydrogens is 287 g/mol. The molecule has 0 amide bonds. The highest BCUT2D eigenvalue weighted by atomic mass is 127. The molecule has 0 saturated carbocycles. The number of nitrogens with two attached hydrogens (primary N) is 1. The molecule has 0 heterocycles. The summed E-state index contributed by atoms with van der Waals surface area (Å²) in [6.45, 7) is 2.19. The molecule has 0 aliphatic heterocycles. The van der Waals surface area contributed by atoms with E-state index in [9.17, 15) is 0 Å². The summed E-state index contributed by atoms with van der Waals surface area (Å²) in [5, 5.41) is 3.08. The van der Waals surface area contributed by atoms with Crippen LogP contribution in [0.2, 0.25) is 0 Å². The Kier molecular flexibility index (Phi) is 5.11. The first-order valence-corrected chi connectivity index (χ1v) is 7.49. The normalized spacial score (nSPS) is 11.6. The third kappa shape index (κ3) is 3.38. The largest absolute Gasteiger partial charge is 0.399 e. The number of rotatable bonds is 4. The predicted octanol–water partition coefficient (Wildman–Crippen LogP) is 2.28. The standard InChI is InChI=1S/C11H17IN2/c1-3-9-4-5-11(13)6-10(9)7-12-8-14-2/h4-6,8,14H,3,7,13H2,1-2H3. The van der Waals surface area contributed by atoms with Gasteiger partial charge in [0.1, 0.15) is 0 Å². The minimum absolute atomic E-state index is 0.119. The summed E-state index contributed by atoms with van der Waals surface area (Å²) in [5.41, 5.74) is 9.51. The van der Waals surface area contributed by atoms with Crippen molar-refractivity contribution in [2.24, 2.45) is 0 Å². The van der Waals surface area contributed by atoms with Gasteiger partial charge in [-0.2, -0.15) is 0 Å². The molecular formula is C11H17IN2. The molecule has 0 unspecified atom stereocenters. The molecule has 0 aliphatic rings. The number of nitrogens with one attached hydrogen (secondary N) is 1. The zero-order valence-electron chi connectivity index (χ0n) is 8.68. The van der Waals surface area contributed by atoms with Crippen LogP contribution in [0.4, 0.5) is 5.69 Å². The van der Waals surface area contributed by atoms with Gasteiger partial charge in [-0.25, -0.2) is 0 Å². The first kappa shape index (κ1) is 11.7. The van der Waals surface area contributed by atoms with Gasteiger partial charge in [0, 0.05) is 14.3 Å². The molecule has 0 spiro atoms. The van der Waals surface area contributed by atoms with Crippen LogP contribution in [-0.4, -0.2) is 11.2 Å². The van der Waals surface area contributed by atoms with E-state index in [0.717, 1.165) is 12.1 Å². The fourth-order valence-corrected chi connectivity index (χ4v) is 3.16. The van der Waals surface area contributed by atoms with Crippen LogP contribution in [0.5, 0.6) is 0 Å². The van der Waals surface area contributed by atoms with Gasteiger partial charge in [-0.1, -0.05) is 13.0 Å². The summed E-state index contributed by atoms with van der Waals surface area (Å²) in [6, 6.07) is 6.25. The second kappa shape index (κ2) is 6.14. The van der Waals surface area contributed by atoms with Crippen molar-refractivity contribution in [1.82, 2.24) is 5.32 Å². The van der Waals surface area contributed by atoms with Crippen LogP contribution >= 0.6 is 20.7 Å². The molecule has 0 atom stereocenters.